The molecule has 0 heterocycles. The lowest BCUT2D eigenvalue weighted by molar-refractivity contribution is 0.102. The van der Waals surface area contributed by atoms with Gasteiger partial charge in [0, 0.05) is 11.7 Å². The quantitative estimate of drug-likeness (QED) is 0.708. The molecule has 1 saturated carbocycles. The fraction of sp³-hybridized carbons (Fsp3) is 0.435. The molecule has 2 aromatic rings. The molecule has 1 fully saturated rings. The third kappa shape index (κ3) is 4.90. The van der Waals surface area contributed by atoms with Gasteiger partial charge >= 0.3 is 0 Å². The zero-order valence-electron chi connectivity index (χ0n) is 17.9. The van der Waals surface area contributed by atoms with Gasteiger partial charge in [0.2, 0.25) is 10.0 Å². The molecule has 0 aliphatic heterocycles. The number of anilines is 1. The van der Waals surface area contributed by atoms with E-state index < -0.39 is 21.7 Å². The van der Waals surface area contributed by atoms with Crippen molar-refractivity contribution in [1.82, 2.24) is 4.72 Å². The summed E-state index contributed by atoms with van der Waals surface area (Å²) in [5.74, 6) is -1.20. The van der Waals surface area contributed by atoms with Crippen molar-refractivity contribution < 1.29 is 17.6 Å². The first-order valence-corrected chi connectivity index (χ1v) is 11.8. The van der Waals surface area contributed by atoms with Gasteiger partial charge in [-0.1, -0.05) is 37.5 Å². The Bertz CT molecular complexity index is 1040. The van der Waals surface area contributed by atoms with E-state index in [2.05, 4.69) is 10.0 Å². The Morgan fingerprint density at radius 2 is 1.67 bits per heavy atom. The summed E-state index contributed by atoms with van der Waals surface area (Å²) in [5, 5.41) is 2.74. The van der Waals surface area contributed by atoms with Gasteiger partial charge in [-0.2, -0.15) is 0 Å². The minimum atomic E-state index is -3.86. The third-order valence-electron chi connectivity index (χ3n) is 5.83. The summed E-state index contributed by atoms with van der Waals surface area (Å²) in [6, 6.07) is 7.04. The average molecular weight is 433 g/mol. The van der Waals surface area contributed by atoms with E-state index in [4.69, 9.17) is 0 Å². The molecular formula is C23H29FN2O3S. The first-order chi connectivity index (χ1) is 14.1. The van der Waals surface area contributed by atoms with Gasteiger partial charge in [0.25, 0.3) is 5.91 Å². The van der Waals surface area contributed by atoms with E-state index in [9.17, 15) is 17.6 Å². The predicted octanol–water partition coefficient (Wildman–Crippen LogP) is 4.86. The lowest BCUT2D eigenvalue weighted by atomic mass is 9.87. The molecule has 162 valence electrons. The van der Waals surface area contributed by atoms with Crippen molar-refractivity contribution in [1.29, 1.82) is 0 Å². The second kappa shape index (κ2) is 8.86. The van der Waals surface area contributed by atoms with Crippen LogP contribution in [0.25, 0.3) is 0 Å². The maximum atomic E-state index is 14.4. The number of benzene rings is 2. The Hall–Kier alpha value is -2.25. The van der Waals surface area contributed by atoms with Crippen LogP contribution >= 0.6 is 0 Å². The van der Waals surface area contributed by atoms with Gasteiger partial charge in [-0.3, -0.25) is 4.79 Å². The van der Waals surface area contributed by atoms with Crippen LogP contribution < -0.4 is 10.0 Å². The first-order valence-electron chi connectivity index (χ1n) is 10.3. The third-order valence-corrected chi connectivity index (χ3v) is 7.31. The molecule has 1 amide bonds. The Labute approximate surface area is 178 Å². The van der Waals surface area contributed by atoms with E-state index in [0.29, 0.717) is 5.69 Å². The summed E-state index contributed by atoms with van der Waals surface area (Å²) in [6.45, 7) is 7.71. The van der Waals surface area contributed by atoms with E-state index in [1.165, 1.54) is 6.07 Å². The minimum Gasteiger partial charge on any atom is -0.321 e. The van der Waals surface area contributed by atoms with Crippen molar-refractivity contribution in [2.45, 2.75) is 64.3 Å². The number of aryl methyl sites for hydroxylation is 3. The summed E-state index contributed by atoms with van der Waals surface area (Å²) in [6.07, 6.45) is 3.82. The van der Waals surface area contributed by atoms with Crippen LogP contribution in [-0.2, 0) is 10.0 Å². The standard InChI is InChI=1S/C23H29FN2O3S/c1-14-11-16(3)22(17(4)12-14)25-23(27)19-13-18(9-10-20(19)24)30(28,29)26-21-8-6-5-7-15(21)2/h9-13,15,21,26H,5-8H2,1-4H3,(H,25,27). The zero-order chi connectivity index (χ0) is 22.1. The molecule has 0 radical (unpaired) electrons. The van der Waals surface area contributed by atoms with Crippen LogP contribution in [0.3, 0.4) is 0 Å². The first kappa shape index (κ1) is 22.4. The Kier molecular flexibility index (Phi) is 6.62. The van der Waals surface area contributed by atoms with Gasteiger partial charge in [-0.15, -0.1) is 0 Å². The van der Waals surface area contributed by atoms with Crippen molar-refractivity contribution in [2.75, 3.05) is 5.32 Å². The molecule has 5 nitrogen and oxygen atoms in total. The smallest absolute Gasteiger partial charge is 0.258 e. The van der Waals surface area contributed by atoms with Crippen LogP contribution in [0.1, 0.15) is 59.7 Å². The van der Waals surface area contributed by atoms with Gasteiger partial charge < -0.3 is 5.32 Å². The average Bonchev–Trinajstić information content (AvgIpc) is 2.66. The van der Waals surface area contributed by atoms with E-state index in [1.54, 1.807) is 0 Å². The number of amides is 1. The van der Waals surface area contributed by atoms with Crippen LogP contribution in [0.5, 0.6) is 0 Å². The number of rotatable bonds is 5. The van der Waals surface area contributed by atoms with Gasteiger partial charge in [-0.25, -0.2) is 17.5 Å². The predicted molar refractivity (Wildman–Crippen MR) is 117 cm³/mol. The van der Waals surface area contributed by atoms with Gasteiger partial charge in [0.15, 0.2) is 0 Å². The van der Waals surface area contributed by atoms with Crippen molar-refractivity contribution in [3.8, 4) is 0 Å². The second-order valence-corrected chi connectivity index (χ2v) is 10.1. The van der Waals surface area contributed by atoms with Crippen LogP contribution in [0, 0.1) is 32.5 Å². The van der Waals surface area contributed by atoms with E-state index in [0.717, 1.165) is 54.5 Å². The van der Waals surface area contributed by atoms with E-state index in [-0.39, 0.29) is 22.4 Å². The Morgan fingerprint density at radius 3 is 2.30 bits per heavy atom. The normalized spacial score (nSPS) is 19.5. The fourth-order valence-corrected chi connectivity index (χ4v) is 5.57. The highest BCUT2D eigenvalue weighted by Gasteiger charge is 2.28. The van der Waals surface area contributed by atoms with Crippen molar-refractivity contribution in [3.63, 3.8) is 0 Å². The monoisotopic (exact) mass is 432 g/mol. The van der Waals surface area contributed by atoms with Crippen LogP contribution in [0.4, 0.5) is 10.1 Å². The number of hydrogen-bond donors (Lipinski definition) is 2. The molecule has 1 aliphatic carbocycles. The van der Waals surface area contributed by atoms with E-state index >= 15 is 0 Å². The number of carbonyl (C=O) groups is 1. The fourth-order valence-electron chi connectivity index (χ4n) is 4.16. The molecule has 0 bridgehead atoms. The number of halogens is 1. The topological polar surface area (TPSA) is 75.3 Å². The SMILES string of the molecule is Cc1cc(C)c(NC(=O)c2cc(S(=O)(=O)NC3CCCCC3C)ccc2F)c(C)c1. The summed E-state index contributed by atoms with van der Waals surface area (Å²) in [4.78, 5) is 12.7. The molecule has 0 spiro atoms. The maximum Gasteiger partial charge on any atom is 0.258 e. The molecule has 2 unspecified atom stereocenters. The van der Waals surface area contributed by atoms with Crippen molar-refractivity contribution in [2.24, 2.45) is 5.92 Å². The summed E-state index contributed by atoms with van der Waals surface area (Å²) >= 11 is 0. The lowest BCUT2D eigenvalue weighted by Crippen LogP contribution is -2.41. The summed E-state index contributed by atoms with van der Waals surface area (Å²) < 4.78 is 42.9. The van der Waals surface area contributed by atoms with Gasteiger partial charge in [0.1, 0.15) is 5.82 Å². The van der Waals surface area contributed by atoms with Gasteiger partial charge in [0.05, 0.1) is 10.5 Å². The second-order valence-electron chi connectivity index (χ2n) is 8.36. The highest BCUT2D eigenvalue weighted by molar-refractivity contribution is 7.89. The number of hydrogen-bond acceptors (Lipinski definition) is 3. The lowest BCUT2D eigenvalue weighted by Gasteiger charge is -2.29. The number of nitrogens with one attached hydrogen (secondary N) is 2. The molecule has 2 aromatic carbocycles. The Morgan fingerprint density at radius 1 is 1.03 bits per heavy atom. The Balaban J connectivity index is 1.87. The van der Waals surface area contributed by atoms with Crippen LogP contribution in [0.15, 0.2) is 35.2 Å². The molecule has 2 atom stereocenters. The summed E-state index contributed by atoms with van der Waals surface area (Å²) in [7, 11) is -3.86. The van der Waals surface area contributed by atoms with Crippen molar-refractivity contribution in [3.05, 3.63) is 58.4 Å². The maximum absolute atomic E-state index is 14.4. The van der Waals surface area contributed by atoms with Crippen LogP contribution in [-0.4, -0.2) is 20.4 Å². The highest BCUT2D eigenvalue weighted by Crippen LogP contribution is 2.27. The number of sulfonamides is 1. The molecule has 0 saturated heterocycles. The molecule has 30 heavy (non-hydrogen) atoms. The molecule has 0 aromatic heterocycles. The highest BCUT2D eigenvalue weighted by atomic mass is 32.2. The molecule has 3 rings (SSSR count). The van der Waals surface area contributed by atoms with Gasteiger partial charge in [-0.05, 0) is 68.9 Å². The van der Waals surface area contributed by atoms with E-state index in [1.807, 2.05) is 39.8 Å². The minimum absolute atomic E-state index is 0.107. The molecule has 2 N–H and O–H groups in total. The van der Waals surface area contributed by atoms with Crippen molar-refractivity contribution >= 4 is 21.6 Å². The zero-order valence-corrected chi connectivity index (χ0v) is 18.7. The largest absolute Gasteiger partial charge is 0.321 e. The molecule has 7 heteroatoms. The molecule has 1 aliphatic rings. The molecular weight excluding hydrogens is 403 g/mol. The number of carbonyl (C=O) groups excluding carboxylic acids is 1. The van der Waals surface area contributed by atoms with Crippen LogP contribution in [0.2, 0.25) is 0 Å². The summed E-state index contributed by atoms with van der Waals surface area (Å²) in [5.41, 5.74) is 3.09.